The minimum absolute atomic E-state index is 0.254. The Morgan fingerprint density at radius 2 is 1.82 bits per heavy atom. The van der Waals surface area contributed by atoms with Gasteiger partial charge in [0.25, 0.3) is 0 Å². The molecule has 1 saturated carbocycles. The summed E-state index contributed by atoms with van der Waals surface area (Å²) in [6, 6.07) is 10.2. The van der Waals surface area contributed by atoms with Gasteiger partial charge < -0.3 is 19.3 Å². The molecule has 196 valence electrons. The summed E-state index contributed by atoms with van der Waals surface area (Å²) in [6.45, 7) is 2.28. The molecule has 1 fully saturated rings. The largest absolute Gasteiger partial charge is 0.492 e. The molecule has 0 saturated heterocycles. The Hall–Kier alpha value is -3.57. The van der Waals surface area contributed by atoms with Crippen molar-refractivity contribution >= 4 is 29.0 Å². The summed E-state index contributed by atoms with van der Waals surface area (Å²) in [5.41, 5.74) is 5.07. The Bertz CT molecular complexity index is 1570. The number of hydrogen-bond donors (Lipinski definition) is 1. The summed E-state index contributed by atoms with van der Waals surface area (Å²) in [5, 5.41) is 13.3. The molecule has 38 heavy (non-hydrogen) atoms. The number of nitrogens with zero attached hydrogens (tertiary/aromatic N) is 2. The number of carboxylic acid groups (broad SMARTS) is 1. The van der Waals surface area contributed by atoms with Crippen molar-refractivity contribution in [2.24, 2.45) is 5.92 Å². The first-order valence-electron chi connectivity index (χ1n) is 13.9. The monoisotopic (exact) mass is 508 g/mol. The van der Waals surface area contributed by atoms with Gasteiger partial charge in [0.05, 0.1) is 17.9 Å². The lowest BCUT2D eigenvalue weighted by atomic mass is 9.81. The summed E-state index contributed by atoms with van der Waals surface area (Å²) in [5.74, 6) is 0.760. The van der Waals surface area contributed by atoms with E-state index in [1.54, 1.807) is 6.07 Å². The van der Waals surface area contributed by atoms with Crippen molar-refractivity contribution in [3.8, 4) is 17.0 Å². The van der Waals surface area contributed by atoms with Crippen molar-refractivity contribution in [2.45, 2.75) is 44.6 Å². The third kappa shape index (κ3) is 4.49. The summed E-state index contributed by atoms with van der Waals surface area (Å²) in [4.78, 5) is 14.2. The highest BCUT2D eigenvalue weighted by molar-refractivity contribution is 5.98. The van der Waals surface area contributed by atoms with Crippen LogP contribution in [0, 0.1) is 5.92 Å². The quantitative estimate of drug-likeness (QED) is 0.519. The molecular formula is C33H36N2O3. The first-order chi connectivity index (χ1) is 18.5. The molecule has 1 unspecified atom stereocenters. The molecule has 0 spiro atoms. The van der Waals surface area contributed by atoms with Gasteiger partial charge in [0.2, 0.25) is 0 Å². The molecule has 3 aromatic rings. The number of hydrogen-bond acceptors (Lipinski definition) is 3. The number of rotatable bonds is 4. The standard InChI is InChI=1S/C33H36N2O3/c1-34(2)19-22-20-35-29-18-25(33(36)37)15-16-27(29)30(24-11-7-5-8-12-24)31(35)28-17-14-23-10-6-3-4-9-13-26(23)32(28)38-21-22/h3-4,6,9-10,13-18,22,24H,5,7-8,11-12,19-21H2,1-2H3,(H,36,37)/b4-3?,6-3-,9-4+,10-6?,13-9?,23-10-,26-13-. The summed E-state index contributed by atoms with van der Waals surface area (Å²) in [7, 11) is 4.21. The summed E-state index contributed by atoms with van der Waals surface area (Å²) >= 11 is 0. The lowest BCUT2D eigenvalue weighted by Crippen LogP contribution is -2.34. The van der Waals surface area contributed by atoms with Gasteiger partial charge in [0, 0.05) is 40.7 Å². The fourth-order valence-corrected chi connectivity index (χ4v) is 6.65. The van der Waals surface area contributed by atoms with Crippen molar-refractivity contribution in [3.63, 3.8) is 0 Å². The van der Waals surface area contributed by atoms with Crippen LogP contribution in [-0.2, 0) is 6.54 Å². The number of carboxylic acids is 1. The first kappa shape index (κ1) is 24.7. The fraction of sp³-hybridized carbons (Fsp3) is 0.364. The Kier molecular flexibility index (Phi) is 6.71. The van der Waals surface area contributed by atoms with Crippen LogP contribution in [0.1, 0.15) is 53.9 Å². The number of benzene rings is 2. The van der Waals surface area contributed by atoms with Crippen LogP contribution >= 0.6 is 0 Å². The van der Waals surface area contributed by atoms with Crippen LogP contribution in [0.25, 0.3) is 34.3 Å². The average molecular weight is 509 g/mol. The van der Waals surface area contributed by atoms with Crippen LogP contribution in [0.15, 0.2) is 54.6 Å². The summed E-state index contributed by atoms with van der Waals surface area (Å²) in [6.07, 6.45) is 18.7. The number of ether oxygens (including phenoxy) is 1. The molecule has 3 aliphatic rings. The molecule has 0 amide bonds. The third-order valence-corrected chi connectivity index (χ3v) is 8.25. The molecule has 5 nitrogen and oxygen atoms in total. The van der Waals surface area contributed by atoms with Crippen LogP contribution < -0.4 is 15.2 Å². The molecule has 1 atom stereocenters. The smallest absolute Gasteiger partial charge is 0.335 e. The molecular weight excluding hydrogens is 472 g/mol. The van der Waals surface area contributed by atoms with E-state index in [4.69, 9.17) is 4.74 Å². The minimum Gasteiger partial charge on any atom is -0.492 e. The molecule has 1 N–H and O–H groups in total. The Morgan fingerprint density at radius 3 is 2.58 bits per heavy atom. The normalized spacial score (nSPS) is 22.7. The molecule has 2 heterocycles. The molecule has 1 aliphatic heterocycles. The highest BCUT2D eigenvalue weighted by Crippen LogP contribution is 2.46. The maximum Gasteiger partial charge on any atom is 0.335 e. The lowest BCUT2D eigenvalue weighted by Gasteiger charge is -2.29. The average Bonchev–Trinajstić information content (AvgIpc) is 3.19. The molecule has 6 rings (SSSR count). The van der Waals surface area contributed by atoms with Gasteiger partial charge in [-0.25, -0.2) is 4.79 Å². The zero-order chi connectivity index (χ0) is 26.2. The number of aromatic nitrogens is 1. The summed E-state index contributed by atoms with van der Waals surface area (Å²) < 4.78 is 9.18. The van der Waals surface area contributed by atoms with Crippen LogP contribution in [0.4, 0.5) is 0 Å². The van der Waals surface area contributed by atoms with Gasteiger partial charge in [0.15, 0.2) is 0 Å². The highest BCUT2D eigenvalue weighted by atomic mass is 16.5. The molecule has 0 radical (unpaired) electrons. The zero-order valence-corrected chi connectivity index (χ0v) is 22.3. The van der Waals surface area contributed by atoms with Gasteiger partial charge >= 0.3 is 5.97 Å². The molecule has 0 bridgehead atoms. The molecule has 2 aliphatic carbocycles. The zero-order valence-electron chi connectivity index (χ0n) is 22.3. The van der Waals surface area contributed by atoms with Crippen molar-refractivity contribution in [1.82, 2.24) is 9.47 Å². The third-order valence-electron chi connectivity index (χ3n) is 8.25. The van der Waals surface area contributed by atoms with E-state index in [0.717, 1.165) is 40.4 Å². The molecule has 1 aromatic heterocycles. The van der Waals surface area contributed by atoms with E-state index in [1.807, 2.05) is 12.1 Å². The maximum atomic E-state index is 12.0. The van der Waals surface area contributed by atoms with Crippen molar-refractivity contribution < 1.29 is 14.6 Å². The van der Waals surface area contributed by atoms with Crippen molar-refractivity contribution in [1.29, 1.82) is 0 Å². The number of allylic oxidation sites excluding steroid dienone is 4. The van der Waals surface area contributed by atoms with E-state index in [-0.39, 0.29) is 5.92 Å². The van der Waals surface area contributed by atoms with E-state index in [9.17, 15) is 9.90 Å². The van der Waals surface area contributed by atoms with E-state index in [2.05, 4.69) is 72.1 Å². The lowest BCUT2D eigenvalue weighted by molar-refractivity contribution is 0.0697. The van der Waals surface area contributed by atoms with Gasteiger partial charge in [-0.1, -0.05) is 67.9 Å². The van der Waals surface area contributed by atoms with Gasteiger partial charge in [-0.05, 0) is 61.8 Å². The van der Waals surface area contributed by atoms with Crippen LogP contribution in [0.5, 0.6) is 5.75 Å². The Morgan fingerprint density at radius 1 is 1.03 bits per heavy atom. The first-order valence-corrected chi connectivity index (χ1v) is 13.9. The second kappa shape index (κ2) is 10.3. The predicted molar refractivity (Wildman–Crippen MR) is 154 cm³/mol. The Balaban J connectivity index is 1.70. The van der Waals surface area contributed by atoms with Gasteiger partial charge in [0.1, 0.15) is 5.75 Å². The predicted octanol–water partition coefficient (Wildman–Crippen LogP) is 5.31. The maximum absolute atomic E-state index is 12.0. The SMILES string of the molecule is CN(C)CC1COc2c(ccc3/c2=C/C=C/C=C\C=3)-c2c(C3CCCCC3)c3ccc(C(=O)O)cc3n2C1. The van der Waals surface area contributed by atoms with Gasteiger partial charge in [-0.3, -0.25) is 0 Å². The molecule has 5 heteroatoms. The van der Waals surface area contributed by atoms with E-state index in [1.165, 1.54) is 48.7 Å². The van der Waals surface area contributed by atoms with E-state index < -0.39 is 5.97 Å². The topological polar surface area (TPSA) is 54.7 Å². The molecule has 2 aromatic carbocycles. The number of aromatic carboxylic acids is 1. The van der Waals surface area contributed by atoms with E-state index in [0.29, 0.717) is 18.1 Å². The second-order valence-electron chi connectivity index (χ2n) is 11.2. The second-order valence-corrected chi connectivity index (χ2v) is 11.2. The Labute approximate surface area is 224 Å². The van der Waals surface area contributed by atoms with Crippen LogP contribution in [-0.4, -0.2) is 47.8 Å². The van der Waals surface area contributed by atoms with E-state index >= 15 is 0 Å². The minimum atomic E-state index is -0.882. The highest BCUT2D eigenvalue weighted by Gasteiger charge is 2.31. The van der Waals surface area contributed by atoms with Crippen molar-refractivity contribution in [2.75, 3.05) is 27.2 Å². The van der Waals surface area contributed by atoms with Crippen molar-refractivity contribution in [3.05, 3.63) is 76.2 Å². The van der Waals surface area contributed by atoms with Crippen LogP contribution in [0.2, 0.25) is 0 Å². The van der Waals surface area contributed by atoms with Crippen LogP contribution in [0.3, 0.4) is 0 Å². The van der Waals surface area contributed by atoms with Gasteiger partial charge in [-0.15, -0.1) is 0 Å². The number of carbonyl (C=O) groups is 1. The van der Waals surface area contributed by atoms with Gasteiger partial charge in [-0.2, -0.15) is 0 Å². The fourth-order valence-electron chi connectivity index (χ4n) is 6.65. The number of fused-ring (bicyclic) bond motifs is 7.